The zero-order valence-corrected chi connectivity index (χ0v) is 10.5. The molecule has 1 fully saturated rings. The topological polar surface area (TPSA) is 36.3 Å². The first-order chi connectivity index (χ1) is 8.70. The molecule has 3 nitrogen and oxygen atoms in total. The van der Waals surface area contributed by atoms with Crippen molar-refractivity contribution in [3.8, 4) is 11.8 Å². The number of benzene rings is 1. The predicted molar refractivity (Wildman–Crippen MR) is 66.9 cm³/mol. The molecule has 0 spiro atoms. The van der Waals surface area contributed by atoms with Crippen molar-refractivity contribution >= 4 is 0 Å². The summed E-state index contributed by atoms with van der Waals surface area (Å²) in [5.41, 5.74) is 0.259. The second kappa shape index (κ2) is 5.83. The van der Waals surface area contributed by atoms with Gasteiger partial charge in [0.1, 0.15) is 17.6 Å². The summed E-state index contributed by atoms with van der Waals surface area (Å²) in [4.78, 5) is 2.33. The molecule has 96 valence electrons. The molecule has 1 aromatic rings. The highest BCUT2D eigenvalue weighted by Gasteiger charge is 2.20. The van der Waals surface area contributed by atoms with Gasteiger partial charge in [-0.3, -0.25) is 0 Å². The lowest BCUT2D eigenvalue weighted by Gasteiger charge is -2.19. The molecule has 0 bridgehead atoms. The first-order valence-corrected chi connectivity index (χ1v) is 6.23. The second-order valence-corrected chi connectivity index (χ2v) is 4.67. The SMILES string of the molecule is CN1CCCC1CCOc1ccc(F)cc1C#N. The smallest absolute Gasteiger partial charge is 0.137 e. The zero-order chi connectivity index (χ0) is 13.0. The van der Waals surface area contributed by atoms with E-state index in [0.29, 0.717) is 18.4 Å². The van der Waals surface area contributed by atoms with Crippen LogP contribution in [-0.4, -0.2) is 31.1 Å². The van der Waals surface area contributed by atoms with Gasteiger partial charge in [-0.15, -0.1) is 0 Å². The number of hydrogen-bond acceptors (Lipinski definition) is 3. The van der Waals surface area contributed by atoms with Gasteiger partial charge in [-0.2, -0.15) is 5.26 Å². The van der Waals surface area contributed by atoms with Crippen LogP contribution >= 0.6 is 0 Å². The minimum atomic E-state index is -0.408. The lowest BCUT2D eigenvalue weighted by Crippen LogP contribution is -2.26. The Bertz CT molecular complexity index is 456. The molecule has 0 radical (unpaired) electrons. The molecule has 4 heteroatoms. The van der Waals surface area contributed by atoms with E-state index < -0.39 is 5.82 Å². The summed E-state index contributed by atoms with van der Waals surface area (Å²) in [6, 6.07) is 6.56. The first-order valence-electron chi connectivity index (χ1n) is 6.23. The minimum Gasteiger partial charge on any atom is -0.492 e. The van der Waals surface area contributed by atoms with Crippen LogP contribution in [0.4, 0.5) is 4.39 Å². The van der Waals surface area contributed by atoms with Crippen molar-refractivity contribution in [3.63, 3.8) is 0 Å². The highest BCUT2D eigenvalue weighted by atomic mass is 19.1. The van der Waals surface area contributed by atoms with Gasteiger partial charge in [0.15, 0.2) is 0 Å². The van der Waals surface area contributed by atoms with Gasteiger partial charge >= 0.3 is 0 Å². The van der Waals surface area contributed by atoms with Crippen LogP contribution in [0.1, 0.15) is 24.8 Å². The maximum absolute atomic E-state index is 12.9. The summed E-state index contributed by atoms with van der Waals surface area (Å²) in [7, 11) is 2.12. The van der Waals surface area contributed by atoms with Crippen LogP contribution in [0.15, 0.2) is 18.2 Å². The monoisotopic (exact) mass is 248 g/mol. The molecule has 0 aliphatic carbocycles. The Balaban J connectivity index is 1.88. The molecule has 1 unspecified atom stereocenters. The third-order valence-corrected chi connectivity index (χ3v) is 3.44. The molecule has 0 amide bonds. The van der Waals surface area contributed by atoms with Crippen molar-refractivity contribution in [2.45, 2.75) is 25.3 Å². The van der Waals surface area contributed by atoms with E-state index in [1.165, 1.54) is 31.0 Å². The highest BCUT2D eigenvalue weighted by molar-refractivity contribution is 5.42. The average Bonchev–Trinajstić information content (AvgIpc) is 2.77. The van der Waals surface area contributed by atoms with Crippen LogP contribution in [0.5, 0.6) is 5.75 Å². The van der Waals surface area contributed by atoms with E-state index >= 15 is 0 Å². The normalized spacial score (nSPS) is 19.7. The number of nitriles is 1. The van der Waals surface area contributed by atoms with E-state index in [9.17, 15) is 4.39 Å². The standard InChI is InChI=1S/C14H17FN2O/c1-17-7-2-3-13(17)6-8-18-14-5-4-12(15)9-11(14)10-16/h4-5,9,13H,2-3,6-8H2,1H3. The maximum atomic E-state index is 12.9. The van der Waals surface area contributed by atoms with Gasteiger partial charge in [-0.25, -0.2) is 4.39 Å². The van der Waals surface area contributed by atoms with Gasteiger partial charge in [0.2, 0.25) is 0 Å². The molecule has 2 rings (SSSR count). The molecule has 0 aromatic heterocycles. The third-order valence-electron chi connectivity index (χ3n) is 3.44. The Labute approximate surface area is 107 Å². The summed E-state index contributed by atoms with van der Waals surface area (Å²) >= 11 is 0. The molecular weight excluding hydrogens is 231 g/mol. The van der Waals surface area contributed by atoms with Gasteiger partial charge in [-0.1, -0.05) is 0 Å². The molecule has 1 aromatic carbocycles. The molecule has 1 atom stereocenters. The molecule has 1 aliphatic rings. The van der Waals surface area contributed by atoms with Gasteiger partial charge in [0, 0.05) is 6.04 Å². The van der Waals surface area contributed by atoms with E-state index in [1.807, 2.05) is 6.07 Å². The number of hydrogen-bond donors (Lipinski definition) is 0. The lowest BCUT2D eigenvalue weighted by molar-refractivity contribution is 0.233. The number of rotatable bonds is 4. The lowest BCUT2D eigenvalue weighted by atomic mass is 10.1. The fraction of sp³-hybridized carbons (Fsp3) is 0.500. The third kappa shape index (κ3) is 2.99. The molecular formula is C14H17FN2O. The van der Waals surface area contributed by atoms with E-state index in [0.717, 1.165) is 13.0 Å². The van der Waals surface area contributed by atoms with Crippen molar-refractivity contribution in [2.75, 3.05) is 20.2 Å². The van der Waals surface area contributed by atoms with E-state index in [4.69, 9.17) is 10.00 Å². The van der Waals surface area contributed by atoms with E-state index in [-0.39, 0.29) is 5.56 Å². The van der Waals surface area contributed by atoms with Crippen molar-refractivity contribution in [3.05, 3.63) is 29.6 Å². The van der Waals surface area contributed by atoms with Gasteiger partial charge in [0.25, 0.3) is 0 Å². The molecule has 1 aliphatic heterocycles. The predicted octanol–water partition coefficient (Wildman–Crippen LogP) is 2.56. The van der Waals surface area contributed by atoms with Crippen LogP contribution < -0.4 is 4.74 Å². The van der Waals surface area contributed by atoms with Crippen LogP contribution in [0.3, 0.4) is 0 Å². The van der Waals surface area contributed by atoms with Crippen LogP contribution in [0.2, 0.25) is 0 Å². The Hall–Kier alpha value is -1.60. The van der Waals surface area contributed by atoms with Gasteiger partial charge < -0.3 is 9.64 Å². The van der Waals surface area contributed by atoms with Gasteiger partial charge in [0.05, 0.1) is 12.2 Å². The Morgan fingerprint density at radius 2 is 2.39 bits per heavy atom. The Morgan fingerprint density at radius 1 is 1.56 bits per heavy atom. The number of nitrogens with zero attached hydrogens (tertiary/aromatic N) is 2. The van der Waals surface area contributed by atoms with Crippen molar-refractivity contribution in [2.24, 2.45) is 0 Å². The Morgan fingerprint density at radius 3 is 3.06 bits per heavy atom. The highest BCUT2D eigenvalue weighted by Crippen LogP contribution is 2.21. The summed E-state index contributed by atoms with van der Waals surface area (Å²) in [6.45, 7) is 1.71. The first kappa shape index (κ1) is 12.8. The summed E-state index contributed by atoms with van der Waals surface area (Å²) in [5, 5.41) is 8.89. The average molecular weight is 248 g/mol. The molecule has 1 saturated heterocycles. The van der Waals surface area contributed by atoms with Gasteiger partial charge in [-0.05, 0) is 51.1 Å². The number of likely N-dealkylation sites (tertiary alicyclic amines) is 1. The Kier molecular flexibility index (Phi) is 4.16. The van der Waals surface area contributed by atoms with Crippen molar-refractivity contribution < 1.29 is 9.13 Å². The van der Waals surface area contributed by atoms with E-state index in [1.54, 1.807) is 0 Å². The molecule has 0 saturated carbocycles. The molecule has 1 heterocycles. The zero-order valence-electron chi connectivity index (χ0n) is 10.5. The van der Waals surface area contributed by atoms with Crippen LogP contribution in [-0.2, 0) is 0 Å². The largest absolute Gasteiger partial charge is 0.492 e. The molecule has 0 N–H and O–H groups in total. The summed E-state index contributed by atoms with van der Waals surface area (Å²) < 4.78 is 18.5. The van der Waals surface area contributed by atoms with Crippen molar-refractivity contribution in [1.29, 1.82) is 5.26 Å². The maximum Gasteiger partial charge on any atom is 0.137 e. The van der Waals surface area contributed by atoms with Crippen LogP contribution in [0, 0.1) is 17.1 Å². The van der Waals surface area contributed by atoms with Crippen LogP contribution in [0.25, 0.3) is 0 Å². The quantitative estimate of drug-likeness (QED) is 0.821. The fourth-order valence-corrected chi connectivity index (χ4v) is 2.36. The number of halogens is 1. The summed E-state index contributed by atoms with van der Waals surface area (Å²) in [6.07, 6.45) is 3.38. The summed E-state index contributed by atoms with van der Waals surface area (Å²) in [5.74, 6) is 0.0639. The van der Waals surface area contributed by atoms with Crippen molar-refractivity contribution in [1.82, 2.24) is 4.90 Å². The second-order valence-electron chi connectivity index (χ2n) is 4.67. The van der Waals surface area contributed by atoms with E-state index in [2.05, 4.69) is 11.9 Å². The molecule has 18 heavy (non-hydrogen) atoms. The number of ether oxygens (including phenoxy) is 1. The fourth-order valence-electron chi connectivity index (χ4n) is 2.36. The minimum absolute atomic E-state index is 0.259.